The van der Waals surface area contributed by atoms with Crippen LogP contribution in [0.15, 0.2) is 48.5 Å². The summed E-state index contributed by atoms with van der Waals surface area (Å²) in [7, 11) is 1.38. The molecule has 2 aromatic carbocycles. The van der Waals surface area contributed by atoms with E-state index in [2.05, 4.69) is 18.3 Å². The van der Waals surface area contributed by atoms with Gasteiger partial charge in [0.15, 0.2) is 0 Å². The Kier molecular flexibility index (Phi) is 4.84. The van der Waals surface area contributed by atoms with Crippen LogP contribution in [0.4, 0.5) is 11.4 Å². The van der Waals surface area contributed by atoms with Gasteiger partial charge >= 0.3 is 5.97 Å². The van der Waals surface area contributed by atoms with Gasteiger partial charge in [-0.25, -0.2) is 4.79 Å². The maximum absolute atomic E-state index is 12.5. The van der Waals surface area contributed by atoms with Crippen molar-refractivity contribution in [3.63, 3.8) is 0 Å². The van der Waals surface area contributed by atoms with Crippen molar-refractivity contribution >= 4 is 23.3 Å². The average molecular weight is 378 g/mol. The Morgan fingerprint density at radius 2 is 1.75 bits per heavy atom. The molecule has 146 valence electrons. The Labute approximate surface area is 165 Å². The number of nitrogens with zero attached hydrogens (tertiary/aromatic N) is 1. The van der Waals surface area contributed by atoms with Crippen molar-refractivity contribution in [1.29, 1.82) is 0 Å². The summed E-state index contributed by atoms with van der Waals surface area (Å²) in [5, 5.41) is 3.65. The number of fused-ring (bicyclic) bond motifs is 1. The van der Waals surface area contributed by atoms with Crippen LogP contribution in [0.1, 0.15) is 48.7 Å². The van der Waals surface area contributed by atoms with Crippen LogP contribution in [0.5, 0.6) is 0 Å². The first-order valence-corrected chi connectivity index (χ1v) is 9.85. The number of ether oxygens (including phenoxy) is 1. The second-order valence-corrected chi connectivity index (χ2v) is 7.83. The summed E-state index contributed by atoms with van der Waals surface area (Å²) in [4.78, 5) is 26.2. The minimum absolute atomic E-state index is 0.0985. The summed E-state index contributed by atoms with van der Waals surface area (Å²) in [6, 6.07) is 15.8. The monoisotopic (exact) mass is 378 g/mol. The molecule has 1 aliphatic carbocycles. The molecule has 0 radical (unpaired) electrons. The number of hydrogen-bond donors (Lipinski definition) is 1. The van der Waals surface area contributed by atoms with Gasteiger partial charge in [0, 0.05) is 30.3 Å². The molecule has 0 spiro atoms. The van der Waals surface area contributed by atoms with E-state index in [1.807, 2.05) is 35.2 Å². The maximum Gasteiger partial charge on any atom is 0.337 e. The quantitative estimate of drug-likeness (QED) is 0.801. The highest BCUT2D eigenvalue weighted by molar-refractivity contribution is 5.94. The third-order valence-electron chi connectivity index (χ3n) is 5.97. The minimum Gasteiger partial charge on any atom is -0.465 e. The molecule has 2 aromatic rings. The predicted molar refractivity (Wildman–Crippen MR) is 109 cm³/mol. The number of methoxy groups -OCH3 is 1. The van der Waals surface area contributed by atoms with Gasteiger partial charge < -0.3 is 15.0 Å². The van der Waals surface area contributed by atoms with E-state index >= 15 is 0 Å². The zero-order chi connectivity index (χ0) is 19.8. The number of benzene rings is 2. The predicted octanol–water partition coefficient (Wildman–Crippen LogP) is 4.41. The molecule has 5 heteroatoms. The third-order valence-corrected chi connectivity index (χ3v) is 5.97. The van der Waals surface area contributed by atoms with Crippen LogP contribution in [0.25, 0.3) is 0 Å². The fourth-order valence-electron chi connectivity index (χ4n) is 4.51. The number of esters is 1. The molecule has 0 saturated heterocycles. The van der Waals surface area contributed by atoms with Crippen molar-refractivity contribution in [3.05, 3.63) is 59.7 Å². The molecule has 2 aliphatic rings. The van der Waals surface area contributed by atoms with Crippen molar-refractivity contribution < 1.29 is 14.3 Å². The lowest BCUT2D eigenvalue weighted by Crippen LogP contribution is -2.51. The van der Waals surface area contributed by atoms with Gasteiger partial charge in [0.2, 0.25) is 5.91 Å². The highest BCUT2D eigenvalue weighted by Crippen LogP contribution is 2.49. The second-order valence-electron chi connectivity index (χ2n) is 7.83. The highest BCUT2D eigenvalue weighted by atomic mass is 16.5. The fraction of sp³-hybridized carbons (Fsp3) is 0.391. The van der Waals surface area contributed by atoms with E-state index in [9.17, 15) is 9.59 Å². The molecule has 0 unspecified atom stereocenters. The van der Waals surface area contributed by atoms with Crippen LogP contribution in [0, 0.1) is 11.8 Å². The molecule has 1 saturated carbocycles. The minimum atomic E-state index is -0.339. The van der Waals surface area contributed by atoms with E-state index in [1.54, 1.807) is 19.1 Å². The highest BCUT2D eigenvalue weighted by Gasteiger charge is 2.47. The number of rotatable bonds is 4. The van der Waals surface area contributed by atoms with Gasteiger partial charge in [0.1, 0.15) is 0 Å². The number of anilines is 2. The summed E-state index contributed by atoms with van der Waals surface area (Å²) in [6.07, 6.45) is 2.36. The first-order valence-electron chi connectivity index (χ1n) is 9.85. The van der Waals surface area contributed by atoms with Crippen molar-refractivity contribution in [2.24, 2.45) is 11.8 Å². The van der Waals surface area contributed by atoms with Gasteiger partial charge in [-0.15, -0.1) is 0 Å². The van der Waals surface area contributed by atoms with Gasteiger partial charge in [-0.05, 0) is 54.7 Å². The van der Waals surface area contributed by atoms with E-state index in [-0.39, 0.29) is 29.9 Å². The third kappa shape index (κ3) is 3.26. The van der Waals surface area contributed by atoms with Crippen LogP contribution in [-0.4, -0.2) is 25.0 Å². The van der Waals surface area contributed by atoms with Crippen molar-refractivity contribution in [1.82, 2.24) is 0 Å². The van der Waals surface area contributed by atoms with Crippen molar-refractivity contribution in [2.45, 2.75) is 38.8 Å². The summed E-state index contributed by atoms with van der Waals surface area (Å²) >= 11 is 0. The molecule has 1 heterocycles. The molecule has 3 atom stereocenters. The standard InChI is InChI=1S/C23H26N2O3/c1-14-21(24-18-12-10-17(11-13-18)23(27)28-3)19-6-4-5-7-20(19)25(15(2)26)22(14)16-8-9-16/h4-7,10-14,16,21-22,24H,8-9H2,1-3H3/t14-,21-,22-/m1/s1. The Hall–Kier alpha value is -2.82. The smallest absolute Gasteiger partial charge is 0.337 e. The topological polar surface area (TPSA) is 58.6 Å². The number of carbonyl (C=O) groups is 2. The molecular weight excluding hydrogens is 352 g/mol. The van der Waals surface area contributed by atoms with Crippen molar-refractivity contribution in [3.8, 4) is 0 Å². The summed E-state index contributed by atoms with van der Waals surface area (Å²) in [6.45, 7) is 3.90. The van der Waals surface area contributed by atoms with E-state index in [1.165, 1.54) is 20.0 Å². The van der Waals surface area contributed by atoms with Gasteiger partial charge in [-0.1, -0.05) is 25.1 Å². The number of carbonyl (C=O) groups excluding carboxylic acids is 2. The van der Waals surface area contributed by atoms with Crippen LogP contribution < -0.4 is 10.2 Å². The van der Waals surface area contributed by atoms with Crippen LogP contribution >= 0.6 is 0 Å². The summed E-state index contributed by atoms with van der Waals surface area (Å²) in [5.74, 6) is 0.607. The number of amides is 1. The SMILES string of the molecule is COC(=O)c1ccc(N[C@H]2c3ccccc3N(C(C)=O)[C@@H](C3CC3)[C@@H]2C)cc1. The zero-order valence-electron chi connectivity index (χ0n) is 16.5. The Balaban J connectivity index is 1.68. The molecule has 1 fully saturated rings. The first-order chi connectivity index (χ1) is 13.5. The van der Waals surface area contributed by atoms with E-state index in [0.717, 1.165) is 16.9 Å². The molecule has 28 heavy (non-hydrogen) atoms. The van der Waals surface area contributed by atoms with E-state index < -0.39 is 0 Å². The molecule has 1 amide bonds. The molecule has 0 aromatic heterocycles. The van der Waals surface area contributed by atoms with Crippen molar-refractivity contribution in [2.75, 3.05) is 17.3 Å². The number of hydrogen-bond acceptors (Lipinski definition) is 4. The van der Waals surface area contributed by atoms with Gasteiger partial charge in [-0.3, -0.25) is 4.79 Å². The van der Waals surface area contributed by atoms with Gasteiger partial charge in [-0.2, -0.15) is 0 Å². The zero-order valence-corrected chi connectivity index (χ0v) is 16.5. The largest absolute Gasteiger partial charge is 0.465 e. The molecule has 1 aliphatic heterocycles. The Bertz CT molecular complexity index is 889. The Morgan fingerprint density at radius 3 is 2.36 bits per heavy atom. The van der Waals surface area contributed by atoms with Crippen LogP contribution in [0.3, 0.4) is 0 Å². The molecule has 5 nitrogen and oxygen atoms in total. The molecule has 4 rings (SSSR count). The lowest BCUT2D eigenvalue weighted by molar-refractivity contribution is -0.117. The summed E-state index contributed by atoms with van der Waals surface area (Å²) < 4.78 is 4.77. The number of nitrogens with one attached hydrogen (secondary N) is 1. The first kappa shape index (κ1) is 18.5. The van der Waals surface area contributed by atoms with Crippen LogP contribution in [-0.2, 0) is 9.53 Å². The van der Waals surface area contributed by atoms with Gasteiger partial charge in [0.25, 0.3) is 0 Å². The average Bonchev–Trinajstić information content (AvgIpc) is 3.54. The number of para-hydroxylation sites is 1. The molecular formula is C23H26N2O3. The van der Waals surface area contributed by atoms with E-state index in [4.69, 9.17) is 4.74 Å². The lowest BCUT2D eigenvalue weighted by atomic mass is 9.80. The molecule has 0 bridgehead atoms. The lowest BCUT2D eigenvalue weighted by Gasteiger charge is -2.46. The van der Waals surface area contributed by atoms with Crippen LogP contribution in [0.2, 0.25) is 0 Å². The fourth-order valence-corrected chi connectivity index (χ4v) is 4.51. The maximum atomic E-state index is 12.5. The Morgan fingerprint density at radius 1 is 1.07 bits per heavy atom. The van der Waals surface area contributed by atoms with E-state index in [0.29, 0.717) is 11.5 Å². The normalized spacial score (nSPS) is 23.7. The molecule has 1 N–H and O–H groups in total. The second kappa shape index (κ2) is 7.30. The van der Waals surface area contributed by atoms with Gasteiger partial charge in [0.05, 0.1) is 18.7 Å². The summed E-state index contributed by atoms with van der Waals surface area (Å²) in [5.41, 5.74) is 3.63.